The summed E-state index contributed by atoms with van der Waals surface area (Å²) in [5.74, 6) is 0. The Kier molecular flexibility index (Phi) is 9.97. The fourth-order valence-electron chi connectivity index (χ4n) is 0.489. The standard InChI is InChI=1S/C5H14N2.ClH/c1-2-3-5(7)4-6;/h5H,2-4,6-7H2,1H3;1H. The molecule has 0 saturated heterocycles. The zero-order valence-corrected chi connectivity index (χ0v) is 6.08. The third-order valence-corrected chi connectivity index (χ3v) is 0.962. The molecular weight excluding hydrogens is 124 g/mol. The summed E-state index contributed by atoms with van der Waals surface area (Å²) in [4.78, 5) is 0. The second kappa shape index (κ2) is 7.21. The summed E-state index contributed by atoms with van der Waals surface area (Å²) < 4.78 is 0. The monoisotopic (exact) mass is 138 g/mol. The fraction of sp³-hybridized carbons (Fsp3) is 1.00. The van der Waals surface area contributed by atoms with Crippen molar-refractivity contribution in [2.45, 2.75) is 25.8 Å². The zero-order valence-electron chi connectivity index (χ0n) is 5.26. The van der Waals surface area contributed by atoms with Crippen LogP contribution in [0.1, 0.15) is 19.8 Å². The molecule has 0 aliphatic heterocycles. The molecule has 52 valence electrons. The van der Waals surface area contributed by atoms with Crippen LogP contribution >= 0.6 is 12.4 Å². The van der Waals surface area contributed by atoms with Gasteiger partial charge in [0.2, 0.25) is 0 Å². The molecule has 0 aromatic rings. The van der Waals surface area contributed by atoms with Crippen molar-refractivity contribution >= 4 is 12.4 Å². The van der Waals surface area contributed by atoms with Gasteiger partial charge in [-0.05, 0) is 6.42 Å². The van der Waals surface area contributed by atoms with Crippen molar-refractivity contribution in [1.82, 2.24) is 0 Å². The van der Waals surface area contributed by atoms with Crippen LogP contribution in [0.4, 0.5) is 0 Å². The molecule has 0 rings (SSSR count). The Morgan fingerprint density at radius 1 is 1.50 bits per heavy atom. The van der Waals surface area contributed by atoms with Gasteiger partial charge in [0, 0.05) is 12.6 Å². The molecule has 3 heteroatoms. The predicted octanol–water partition coefficient (Wildman–Crippen LogP) is 0.494. The Morgan fingerprint density at radius 2 is 2.00 bits per heavy atom. The Hall–Kier alpha value is 0.210. The van der Waals surface area contributed by atoms with Gasteiger partial charge in [0.15, 0.2) is 0 Å². The first-order valence-electron chi connectivity index (χ1n) is 2.77. The summed E-state index contributed by atoms with van der Waals surface area (Å²) >= 11 is 0. The lowest BCUT2D eigenvalue weighted by Crippen LogP contribution is -2.28. The molecule has 0 aromatic heterocycles. The first-order valence-corrected chi connectivity index (χ1v) is 2.77. The number of rotatable bonds is 3. The van der Waals surface area contributed by atoms with Gasteiger partial charge in [-0.3, -0.25) is 0 Å². The topological polar surface area (TPSA) is 52.0 Å². The Labute approximate surface area is 57.0 Å². The van der Waals surface area contributed by atoms with Crippen molar-refractivity contribution in [3.05, 3.63) is 0 Å². The van der Waals surface area contributed by atoms with Gasteiger partial charge in [-0.25, -0.2) is 0 Å². The minimum absolute atomic E-state index is 0. The lowest BCUT2D eigenvalue weighted by molar-refractivity contribution is 0.612. The van der Waals surface area contributed by atoms with E-state index in [0.717, 1.165) is 12.8 Å². The van der Waals surface area contributed by atoms with Gasteiger partial charge in [-0.15, -0.1) is 12.4 Å². The summed E-state index contributed by atoms with van der Waals surface area (Å²) in [6, 6.07) is 0.227. The Morgan fingerprint density at radius 3 is 2.12 bits per heavy atom. The third kappa shape index (κ3) is 6.21. The smallest absolute Gasteiger partial charge is 0.0162 e. The van der Waals surface area contributed by atoms with Crippen molar-refractivity contribution in [2.24, 2.45) is 11.5 Å². The van der Waals surface area contributed by atoms with E-state index in [1.165, 1.54) is 0 Å². The van der Waals surface area contributed by atoms with Crippen LogP contribution < -0.4 is 11.5 Å². The first kappa shape index (κ1) is 11.1. The molecule has 0 bridgehead atoms. The molecule has 4 N–H and O–H groups in total. The number of hydrogen-bond acceptors (Lipinski definition) is 2. The molecule has 2 nitrogen and oxygen atoms in total. The average Bonchev–Trinajstić information content (AvgIpc) is 1.68. The molecule has 1 unspecified atom stereocenters. The van der Waals surface area contributed by atoms with Crippen molar-refractivity contribution in [3.63, 3.8) is 0 Å². The summed E-state index contributed by atoms with van der Waals surface area (Å²) in [5, 5.41) is 0. The fourth-order valence-corrected chi connectivity index (χ4v) is 0.489. The van der Waals surface area contributed by atoms with Crippen LogP contribution in [0.5, 0.6) is 0 Å². The molecule has 0 fully saturated rings. The highest BCUT2D eigenvalue weighted by atomic mass is 35.5. The molecular formula is C5H15ClN2. The first-order chi connectivity index (χ1) is 3.31. The maximum Gasteiger partial charge on any atom is 0.0162 e. The molecule has 0 amide bonds. The average molecular weight is 139 g/mol. The highest BCUT2D eigenvalue weighted by molar-refractivity contribution is 5.85. The van der Waals surface area contributed by atoms with Gasteiger partial charge >= 0.3 is 0 Å². The molecule has 0 saturated carbocycles. The summed E-state index contributed by atoms with van der Waals surface area (Å²) in [5.41, 5.74) is 10.7. The summed E-state index contributed by atoms with van der Waals surface area (Å²) in [7, 11) is 0. The van der Waals surface area contributed by atoms with E-state index in [9.17, 15) is 0 Å². The zero-order chi connectivity index (χ0) is 5.70. The van der Waals surface area contributed by atoms with E-state index in [0.29, 0.717) is 6.54 Å². The minimum atomic E-state index is 0. The normalized spacial score (nSPS) is 12.4. The molecule has 0 heterocycles. The van der Waals surface area contributed by atoms with Gasteiger partial charge in [0.25, 0.3) is 0 Å². The molecule has 8 heavy (non-hydrogen) atoms. The van der Waals surface area contributed by atoms with Crippen LogP contribution in [-0.2, 0) is 0 Å². The van der Waals surface area contributed by atoms with Crippen LogP contribution in [-0.4, -0.2) is 12.6 Å². The van der Waals surface area contributed by atoms with Gasteiger partial charge in [-0.1, -0.05) is 13.3 Å². The lowest BCUT2D eigenvalue weighted by atomic mass is 10.2. The van der Waals surface area contributed by atoms with Crippen molar-refractivity contribution in [1.29, 1.82) is 0 Å². The largest absolute Gasteiger partial charge is 0.329 e. The number of hydrogen-bond donors (Lipinski definition) is 2. The third-order valence-electron chi connectivity index (χ3n) is 0.962. The lowest BCUT2D eigenvalue weighted by Gasteiger charge is -2.03. The van der Waals surface area contributed by atoms with E-state index in [2.05, 4.69) is 6.92 Å². The van der Waals surface area contributed by atoms with Crippen molar-refractivity contribution in [2.75, 3.05) is 6.54 Å². The van der Waals surface area contributed by atoms with Gasteiger partial charge in [0.1, 0.15) is 0 Å². The molecule has 0 radical (unpaired) electrons. The van der Waals surface area contributed by atoms with E-state index in [4.69, 9.17) is 11.5 Å². The van der Waals surface area contributed by atoms with Gasteiger partial charge in [0.05, 0.1) is 0 Å². The van der Waals surface area contributed by atoms with Crippen LogP contribution in [0.25, 0.3) is 0 Å². The predicted molar refractivity (Wildman–Crippen MR) is 39.2 cm³/mol. The summed E-state index contributed by atoms with van der Waals surface area (Å²) in [6.45, 7) is 2.73. The second-order valence-electron chi connectivity index (χ2n) is 1.78. The molecule has 0 aromatic carbocycles. The van der Waals surface area contributed by atoms with E-state index >= 15 is 0 Å². The number of halogens is 1. The second-order valence-corrected chi connectivity index (χ2v) is 1.78. The summed E-state index contributed by atoms with van der Waals surface area (Å²) in [6.07, 6.45) is 2.19. The Bertz CT molecular complexity index is 41.4. The Balaban J connectivity index is 0. The molecule has 0 spiro atoms. The van der Waals surface area contributed by atoms with Crippen LogP contribution in [0.15, 0.2) is 0 Å². The van der Waals surface area contributed by atoms with Crippen molar-refractivity contribution < 1.29 is 0 Å². The number of nitrogens with two attached hydrogens (primary N) is 2. The molecule has 1 atom stereocenters. The maximum atomic E-state index is 5.46. The van der Waals surface area contributed by atoms with E-state index in [1.54, 1.807) is 0 Å². The van der Waals surface area contributed by atoms with Gasteiger partial charge in [-0.2, -0.15) is 0 Å². The van der Waals surface area contributed by atoms with E-state index < -0.39 is 0 Å². The van der Waals surface area contributed by atoms with E-state index in [1.807, 2.05) is 0 Å². The minimum Gasteiger partial charge on any atom is -0.329 e. The van der Waals surface area contributed by atoms with Crippen LogP contribution in [0.2, 0.25) is 0 Å². The van der Waals surface area contributed by atoms with Gasteiger partial charge < -0.3 is 11.5 Å². The SMILES string of the molecule is CCCC(N)CN.Cl. The van der Waals surface area contributed by atoms with Crippen LogP contribution in [0, 0.1) is 0 Å². The van der Waals surface area contributed by atoms with Crippen molar-refractivity contribution in [3.8, 4) is 0 Å². The van der Waals surface area contributed by atoms with Crippen LogP contribution in [0.3, 0.4) is 0 Å². The molecule has 0 aliphatic rings. The highest BCUT2D eigenvalue weighted by Gasteiger charge is 1.93. The quantitative estimate of drug-likeness (QED) is 0.597. The highest BCUT2D eigenvalue weighted by Crippen LogP contribution is 1.88. The molecule has 0 aliphatic carbocycles. The maximum absolute atomic E-state index is 5.46. The van der Waals surface area contributed by atoms with E-state index in [-0.39, 0.29) is 18.4 Å².